The molecular weight excluding hydrogens is 529 g/mol. The summed E-state index contributed by atoms with van der Waals surface area (Å²) in [5, 5.41) is 0. The number of hydrogen-bond donors (Lipinski definition) is 0. The van der Waals surface area contributed by atoms with Gasteiger partial charge in [0.05, 0.1) is 0 Å². The first-order valence-electron chi connectivity index (χ1n) is 1.12. The minimum Gasteiger partial charge on any atom is 0 e. The van der Waals surface area contributed by atoms with Crippen molar-refractivity contribution in [3.8, 4) is 0 Å². The first-order valence-corrected chi connectivity index (χ1v) is 9.26. The summed E-state index contributed by atoms with van der Waals surface area (Å²) in [6.07, 6.45) is 0. The monoisotopic (exact) mass is 530 g/mol. The van der Waals surface area contributed by atoms with E-state index in [1.165, 1.54) is 0 Å². The molecule has 0 aromatic carbocycles. The largest absolute Gasteiger partial charge is 0 e. The average molecular weight is 529 g/mol. The van der Waals surface area contributed by atoms with Gasteiger partial charge >= 0.3 is 60.4 Å². The first kappa shape index (κ1) is 16.7. The van der Waals surface area contributed by atoms with Crippen LogP contribution in [0, 0.1) is 0 Å². The molecule has 0 aliphatic heterocycles. The van der Waals surface area contributed by atoms with E-state index >= 15 is 0 Å². The van der Waals surface area contributed by atoms with E-state index in [4.69, 9.17) is 18.9 Å². The Bertz CT molecular complexity index is 297. The minimum atomic E-state index is -8.05. The van der Waals surface area contributed by atoms with Gasteiger partial charge in [0.2, 0.25) is 0 Å². The van der Waals surface area contributed by atoms with Crippen LogP contribution >= 0.6 is 0 Å². The zero-order chi connectivity index (χ0) is 7.45. The van der Waals surface area contributed by atoms with Gasteiger partial charge in [-0.15, -0.1) is 0 Å². The normalized spacial score (nSPS) is 7.11. The van der Waals surface area contributed by atoms with Crippen molar-refractivity contribution in [2.45, 2.75) is 0 Å². The predicted octanol–water partition coefficient (Wildman–Crippen LogP) is -1.10. The van der Waals surface area contributed by atoms with E-state index in [9.17, 15) is 0 Å². The molecule has 48 valence electrons. The van der Waals surface area contributed by atoms with E-state index in [0.717, 1.165) is 0 Å². The van der Waals surface area contributed by atoms with Crippen molar-refractivity contribution in [3.63, 3.8) is 0 Å². The Morgan fingerprint density at radius 3 is 0.778 bits per heavy atom. The zero-order valence-electron chi connectivity index (χ0n) is 3.97. The van der Waals surface area contributed by atoms with Crippen LogP contribution in [0.15, 0.2) is 0 Å². The number of hydrogen-bond acceptors (Lipinski definition) is 6. The summed E-state index contributed by atoms with van der Waals surface area (Å²) in [4.78, 5) is 0. The van der Waals surface area contributed by atoms with Crippen LogP contribution in [0.25, 0.3) is 0 Å². The van der Waals surface area contributed by atoms with Gasteiger partial charge in [0, 0.05) is 25.8 Å². The molecule has 0 aliphatic carbocycles. The average Bonchev–Trinajstić information content (AvgIpc) is 1.33. The maximum Gasteiger partial charge on any atom is 0 e. The van der Waals surface area contributed by atoms with Gasteiger partial charge in [-0.25, -0.2) is 0 Å². The summed E-state index contributed by atoms with van der Waals surface area (Å²) >= 11 is -7.99. The van der Waals surface area contributed by atoms with Crippen LogP contribution in [-0.4, -0.2) is 25.8 Å². The van der Waals surface area contributed by atoms with Gasteiger partial charge in [-0.3, -0.25) is 0 Å². The molecule has 0 rings (SSSR count). The van der Waals surface area contributed by atoms with Crippen LogP contribution in [0.5, 0.6) is 0 Å². The number of rotatable bonds is 0. The third-order valence-corrected chi connectivity index (χ3v) is 0. The van der Waals surface area contributed by atoms with Crippen molar-refractivity contribution in [2.24, 2.45) is 0 Å². The molecule has 0 unspecified atom stereocenters. The summed E-state index contributed by atoms with van der Waals surface area (Å²) in [5.41, 5.74) is 0. The molecule has 9 heavy (non-hydrogen) atoms. The van der Waals surface area contributed by atoms with Crippen LogP contribution in [0.4, 0.5) is 0 Å². The molecule has 0 atom stereocenters. The SMILES string of the molecule is [O]=[Pb].[O]=[Ta](=[O])(=[O])(=[O])=[O].[Sc]. The molecule has 6 nitrogen and oxygen atoms in total. The van der Waals surface area contributed by atoms with Gasteiger partial charge in [0.1, 0.15) is 0 Å². The topological polar surface area (TPSA) is 102 Å². The third kappa shape index (κ3) is 283. The Balaban J connectivity index is -0.000000109. The molecule has 3 radical (unpaired) electrons. The molecular formula is O6PbScTa. The van der Waals surface area contributed by atoms with E-state index in [2.05, 4.69) is 0 Å². The second-order valence-corrected chi connectivity index (χ2v) is 6.10. The minimum absolute atomic E-state index is 0. The van der Waals surface area contributed by atoms with E-state index in [1.807, 2.05) is 0 Å². The molecule has 9 heteroatoms. The summed E-state index contributed by atoms with van der Waals surface area (Å²) in [7, 11) is 0. The maximum atomic E-state index is 8.67. The molecule has 0 aliphatic rings. The molecule has 0 fully saturated rings. The molecule has 0 bridgehead atoms. The summed E-state index contributed by atoms with van der Waals surface area (Å²) < 4.78 is 51.8. The van der Waals surface area contributed by atoms with Crippen molar-refractivity contribution in [3.05, 3.63) is 0 Å². The molecule has 0 spiro atoms. The van der Waals surface area contributed by atoms with Crippen molar-refractivity contribution in [1.82, 2.24) is 0 Å². The van der Waals surface area contributed by atoms with E-state index < -0.39 is 15.7 Å². The fourth-order valence-electron chi connectivity index (χ4n) is 0. The Hall–Kier alpha value is 1.33. The van der Waals surface area contributed by atoms with Gasteiger partial charge in [-0.1, -0.05) is 0 Å². The molecule has 0 aromatic rings. The first-order chi connectivity index (χ1) is 3.24. The van der Waals surface area contributed by atoms with Crippen molar-refractivity contribution >= 4 is 25.8 Å². The molecule has 0 N–H and O–H groups in total. The molecule has 0 amide bonds. The van der Waals surface area contributed by atoms with Crippen LogP contribution < -0.4 is 0 Å². The summed E-state index contributed by atoms with van der Waals surface area (Å²) in [5.74, 6) is 0. The maximum absolute atomic E-state index is 8.67. The second-order valence-electron chi connectivity index (χ2n) is 0.745. The zero-order valence-corrected chi connectivity index (χ0v) is 12.9. The van der Waals surface area contributed by atoms with Crippen molar-refractivity contribution in [2.75, 3.05) is 0 Å². The van der Waals surface area contributed by atoms with E-state index in [-0.39, 0.29) is 51.6 Å². The van der Waals surface area contributed by atoms with Gasteiger partial charge in [-0.2, -0.15) is 0 Å². The van der Waals surface area contributed by atoms with E-state index in [0.29, 0.717) is 0 Å². The Morgan fingerprint density at radius 2 is 0.778 bits per heavy atom. The standard InChI is InChI=1S/6O.Pb.Sc.Ta. The van der Waals surface area contributed by atoms with Crippen LogP contribution in [0.3, 0.4) is 0 Å². The van der Waals surface area contributed by atoms with Gasteiger partial charge in [-0.05, 0) is 0 Å². The fourth-order valence-corrected chi connectivity index (χ4v) is 0. The van der Waals surface area contributed by atoms with Crippen LogP contribution in [0.1, 0.15) is 0 Å². The smallest absolute Gasteiger partial charge is 0 e. The molecule has 0 aromatic heterocycles. The van der Waals surface area contributed by atoms with Crippen LogP contribution in [-0.2, 0) is 60.5 Å². The van der Waals surface area contributed by atoms with E-state index in [1.54, 1.807) is 0 Å². The molecule has 0 saturated heterocycles. The quantitative estimate of drug-likeness (QED) is 0.370. The van der Waals surface area contributed by atoms with Gasteiger partial charge in [0.25, 0.3) is 0 Å². The summed E-state index contributed by atoms with van der Waals surface area (Å²) in [6, 6.07) is 0. The van der Waals surface area contributed by atoms with Crippen LogP contribution in [0.2, 0.25) is 0 Å². The Morgan fingerprint density at radius 1 is 0.778 bits per heavy atom. The van der Waals surface area contributed by atoms with Gasteiger partial charge in [0.15, 0.2) is 0 Å². The summed E-state index contributed by atoms with van der Waals surface area (Å²) in [6.45, 7) is 0. The Labute approximate surface area is 84.9 Å². The fraction of sp³-hybridized carbons (Fsp3) is 0. The molecule has 0 saturated carbocycles. The van der Waals surface area contributed by atoms with Crippen molar-refractivity contribution < 1.29 is 60.5 Å². The van der Waals surface area contributed by atoms with Gasteiger partial charge < -0.3 is 0 Å². The second kappa shape index (κ2) is 5.05. The third-order valence-electron chi connectivity index (χ3n) is 0. The molecule has 0 heterocycles. The Kier molecular flexibility index (Phi) is 9.38. The van der Waals surface area contributed by atoms with Crippen molar-refractivity contribution in [1.29, 1.82) is 0 Å². The predicted molar refractivity (Wildman–Crippen MR) is 9.87 cm³/mol.